The lowest BCUT2D eigenvalue weighted by atomic mass is 9.95. The van der Waals surface area contributed by atoms with E-state index in [1.807, 2.05) is 6.92 Å². The van der Waals surface area contributed by atoms with Crippen LogP contribution in [0.15, 0.2) is 0 Å². The summed E-state index contributed by atoms with van der Waals surface area (Å²) in [6.45, 7) is 6.54. The molecule has 0 aromatic heterocycles. The van der Waals surface area contributed by atoms with Crippen molar-refractivity contribution in [1.29, 1.82) is 0 Å². The Morgan fingerprint density at radius 2 is 1.78 bits per heavy atom. The summed E-state index contributed by atoms with van der Waals surface area (Å²) in [4.78, 5) is 11.1. The molecule has 4 N–H and O–H groups in total. The van der Waals surface area contributed by atoms with Crippen LogP contribution in [0, 0.1) is 0 Å². The highest BCUT2D eigenvalue weighted by Gasteiger charge is 2.28. The van der Waals surface area contributed by atoms with Gasteiger partial charge in [0.2, 0.25) is 5.91 Å². The molecule has 0 aliphatic carbocycles. The van der Waals surface area contributed by atoms with Gasteiger partial charge in [-0.3, -0.25) is 4.79 Å². The maximum atomic E-state index is 11.1. The van der Waals surface area contributed by atoms with Crippen molar-refractivity contribution in [3.05, 3.63) is 0 Å². The number of unbranched alkanes of at least 4 members (excludes halogenated alkanes) is 5. The first-order valence-corrected chi connectivity index (χ1v) is 7.10. The van der Waals surface area contributed by atoms with Crippen molar-refractivity contribution in [3.8, 4) is 0 Å². The summed E-state index contributed by atoms with van der Waals surface area (Å²) in [5, 5.41) is 0. The zero-order valence-electron chi connectivity index (χ0n) is 12.2. The van der Waals surface area contributed by atoms with Crippen LogP contribution in [0.25, 0.3) is 0 Å². The number of amides is 1. The van der Waals surface area contributed by atoms with E-state index in [-0.39, 0.29) is 6.10 Å². The van der Waals surface area contributed by atoms with E-state index in [4.69, 9.17) is 16.2 Å². The first kappa shape index (κ1) is 17.4. The van der Waals surface area contributed by atoms with Crippen molar-refractivity contribution in [2.24, 2.45) is 11.5 Å². The molecule has 0 spiro atoms. The topological polar surface area (TPSA) is 78.3 Å². The van der Waals surface area contributed by atoms with Crippen LogP contribution in [0.1, 0.15) is 65.7 Å². The number of nitrogens with two attached hydrogens (primary N) is 2. The van der Waals surface area contributed by atoms with Crippen LogP contribution in [-0.4, -0.2) is 24.2 Å². The molecule has 0 aliphatic rings. The van der Waals surface area contributed by atoms with E-state index in [0.29, 0.717) is 6.42 Å². The molecule has 0 rings (SSSR count). The summed E-state index contributed by atoms with van der Waals surface area (Å²) in [5.41, 5.74) is 10.0. The Morgan fingerprint density at radius 3 is 2.33 bits per heavy atom. The summed E-state index contributed by atoms with van der Waals surface area (Å²) in [5.74, 6) is -0.475. The molecule has 0 heterocycles. The molecular formula is C14H30N2O2. The predicted molar refractivity (Wildman–Crippen MR) is 75.2 cm³/mol. The molecule has 0 aromatic rings. The van der Waals surface area contributed by atoms with Gasteiger partial charge in [0.15, 0.2) is 0 Å². The Bertz CT molecular complexity index is 230. The van der Waals surface area contributed by atoms with Crippen LogP contribution in [0.2, 0.25) is 0 Å². The molecule has 2 unspecified atom stereocenters. The molecule has 2 atom stereocenters. The summed E-state index contributed by atoms with van der Waals surface area (Å²) >= 11 is 0. The molecule has 0 saturated carbocycles. The molecule has 4 heteroatoms. The summed E-state index contributed by atoms with van der Waals surface area (Å²) in [7, 11) is 0. The lowest BCUT2D eigenvalue weighted by Crippen LogP contribution is -2.51. The van der Waals surface area contributed by atoms with Crippen LogP contribution in [-0.2, 0) is 9.53 Å². The van der Waals surface area contributed by atoms with Gasteiger partial charge in [-0.15, -0.1) is 0 Å². The van der Waals surface area contributed by atoms with Gasteiger partial charge in [-0.1, -0.05) is 39.0 Å². The zero-order chi connectivity index (χ0) is 14.0. The van der Waals surface area contributed by atoms with Gasteiger partial charge in [0.05, 0.1) is 11.6 Å². The van der Waals surface area contributed by atoms with Gasteiger partial charge in [0, 0.05) is 6.61 Å². The quantitative estimate of drug-likeness (QED) is 0.558. The molecule has 108 valence electrons. The second-order valence-electron chi connectivity index (χ2n) is 5.44. The maximum Gasteiger partial charge on any atom is 0.237 e. The molecule has 0 aliphatic heterocycles. The van der Waals surface area contributed by atoms with Gasteiger partial charge in [-0.05, 0) is 26.7 Å². The summed E-state index contributed by atoms with van der Waals surface area (Å²) in [6.07, 6.45) is 7.92. The highest BCUT2D eigenvalue weighted by molar-refractivity contribution is 5.83. The van der Waals surface area contributed by atoms with E-state index in [1.165, 1.54) is 32.1 Å². The number of ether oxygens (including phenoxy) is 1. The van der Waals surface area contributed by atoms with Crippen LogP contribution < -0.4 is 11.5 Å². The van der Waals surface area contributed by atoms with Gasteiger partial charge < -0.3 is 16.2 Å². The van der Waals surface area contributed by atoms with E-state index < -0.39 is 11.4 Å². The smallest absolute Gasteiger partial charge is 0.237 e. The Labute approximate surface area is 111 Å². The van der Waals surface area contributed by atoms with Crippen molar-refractivity contribution in [2.75, 3.05) is 6.61 Å². The van der Waals surface area contributed by atoms with E-state index in [1.54, 1.807) is 6.92 Å². The largest absolute Gasteiger partial charge is 0.378 e. The standard InChI is InChI=1S/C14H30N2O2/c1-4-5-6-7-8-9-10-18-12(2)11-14(3,16)13(15)17/h12H,4-11,16H2,1-3H3,(H2,15,17). The third-order valence-electron chi connectivity index (χ3n) is 3.17. The van der Waals surface area contributed by atoms with Gasteiger partial charge in [-0.2, -0.15) is 0 Å². The minimum atomic E-state index is -0.972. The van der Waals surface area contributed by atoms with Gasteiger partial charge >= 0.3 is 0 Å². The lowest BCUT2D eigenvalue weighted by Gasteiger charge is -2.24. The average molecular weight is 258 g/mol. The first-order chi connectivity index (χ1) is 8.40. The fourth-order valence-corrected chi connectivity index (χ4v) is 1.92. The van der Waals surface area contributed by atoms with Crippen molar-refractivity contribution in [2.45, 2.75) is 77.4 Å². The van der Waals surface area contributed by atoms with Gasteiger partial charge in [0.25, 0.3) is 0 Å². The maximum absolute atomic E-state index is 11.1. The monoisotopic (exact) mass is 258 g/mol. The number of hydrogen-bond acceptors (Lipinski definition) is 3. The SMILES string of the molecule is CCCCCCCCOC(C)CC(C)(N)C(N)=O. The molecule has 4 nitrogen and oxygen atoms in total. The molecule has 0 aromatic carbocycles. The van der Waals surface area contributed by atoms with Crippen LogP contribution in [0.3, 0.4) is 0 Å². The van der Waals surface area contributed by atoms with E-state index >= 15 is 0 Å². The Kier molecular flexibility index (Phi) is 9.02. The minimum absolute atomic E-state index is 0.0249. The van der Waals surface area contributed by atoms with Crippen molar-refractivity contribution < 1.29 is 9.53 Å². The highest BCUT2D eigenvalue weighted by atomic mass is 16.5. The first-order valence-electron chi connectivity index (χ1n) is 7.10. The Morgan fingerprint density at radius 1 is 1.22 bits per heavy atom. The summed E-state index contributed by atoms with van der Waals surface area (Å²) in [6, 6.07) is 0. The van der Waals surface area contributed by atoms with E-state index in [0.717, 1.165) is 13.0 Å². The fraction of sp³-hybridized carbons (Fsp3) is 0.929. The fourth-order valence-electron chi connectivity index (χ4n) is 1.92. The Hall–Kier alpha value is -0.610. The minimum Gasteiger partial charge on any atom is -0.378 e. The molecule has 18 heavy (non-hydrogen) atoms. The van der Waals surface area contributed by atoms with Crippen molar-refractivity contribution in [1.82, 2.24) is 0 Å². The molecule has 0 saturated heterocycles. The van der Waals surface area contributed by atoms with Gasteiger partial charge in [0.1, 0.15) is 0 Å². The van der Waals surface area contributed by atoms with E-state index in [9.17, 15) is 4.79 Å². The normalized spacial score (nSPS) is 16.2. The van der Waals surface area contributed by atoms with Crippen LogP contribution in [0.4, 0.5) is 0 Å². The number of rotatable bonds is 11. The van der Waals surface area contributed by atoms with Crippen LogP contribution >= 0.6 is 0 Å². The van der Waals surface area contributed by atoms with Crippen LogP contribution in [0.5, 0.6) is 0 Å². The highest BCUT2D eigenvalue weighted by Crippen LogP contribution is 2.12. The van der Waals surface area contributed by atoms with Crippen molar-refractivity contribution >= 4 is 5.91 Å². The van der Waals surface area contributed by atoms with Crippen molar-refractivity contribution in [3.63, 3.8) is 0 Å². The summed E-state index contributed by atoms with van der Waals surface area (Å²) < 4.78 is 5.65. The average Bonchev–Trinajstić information content (AvgIpc) is 2.27. The number of carbonyl (C=O) groups excluding carboxylic acids is 1. The molecule has 0 bridgehead atoms. The number of primary amides is 1. The number of carbonyl (C=O) groups is 1. The third-order valence-corrected chi connectivity index (χ3v) is 3.17. The molecule has 0 fully saturated rings. The molecule has 0 radical (unpaired) electrons. The van der Waals surface area contributed by atoms with E-state index in [2.05, 4.69) is 6.92 Å². The molecule has 1 amide bonds. The second kappa shape index (κ2) is 9.34. The predicted octanol–water partition coefficient (Wildman–Crippen LogP) is 2.34. The lowest BCUT2D eigenvalue weighted by molar-refractivity contribution is -0.124. The second-order valence-corrected chi connectivity index (χ2v) is 5.44. The third kappa shape index (κ3) is 8.48. The van der Waals surface area contributed by atoms with Gasteiger partial charge in [-0.25, -0.2) is 0 Å². The number of hydrogen-bond donors (Lipinski definition) is 2. The Balaban J connectivity index is 3.54. The zero-order valence-corrected chi connectivity index (χ0v) is 12.2. The molecular weight excluding hydrogens is 228 g/mol.